The lowest BCUT2D eigenvalue weighted by atomic mass is 9.97. The Morgan fingerprint density at radius 3 is 2.21 bits per heavy atom. The number of rotatable bonds is 11. The second-order valence-corrected chi connectivity index (χ2v) is 10.2. The van der Waals surface area contributed by atoms with Gasteiger partial charge in [-0.15, -0.1) is 0 Å². The van der Waals surface area contributed by atoms with Crippen LogP contribution in [-0.4, -0.2) is 55.8 Å². The van der Waals surface area contributed by atoms with Gasteiger partial charge in [0.05, 0.1) is 18.6 Å². The number of carbonyl (C=O) groups excluding carboxylic acids is 1. The number of morpholine rings is 1. The van der Waals surface area contributed by atoms with E-state index < -0.39 is 0 Å². The Morgan fingerprint density at radius 1 is 0.974 bits per heavy atom. The Labute approximate surface area is 235 Å². The van der Waals surface area contributed by atoms with E-state index in [1.165, 1.54) is 11.1 Å². The van der Waals surface area contributed by atoms with Crippen molar-refractivity contribution >= 4 is 5.97 Å². The van der Waals surface area contributed by atoms with Gasteiger partial charge in [-0.25, -0.2) is 0 Å². The summed E-state index contributed by atoms with van der Waals surface area (Å²) in [6.07, 6.45) is 1.92. The molecule has 5 heteroatoms. The highest BCUT2D eigenvalue weighted by atomic mass is 16.5. The first-order valence-corrected chi connectivity index (χ1v) is 14.4. The number of benzene rings is 3. The van der Waals surface area contributed by atoms with Crippen molar-refractivity contribution in [3.63, 3.8) is 0 Å². The predicted octanol–water partition coefficient (Wildman–Crippen LogP) is 6.41. The van der Waals surface area contributed by atoms with E-state index in [1.54, 1.807) is 0 Å². The number of esters is 1. The van der Waals surface area contributed by atoms with Crippen molar-refractivity contribution in [3.05, 3.63) is 108 Å². The summed E-state index contributed by atoms with van der Waals surface area (Å²) in [4.78, 5) is 14.9. The minimum atomic E-state index is -0.189. The molecule has 0 aliphatic carbocycles. The molecule has 210 valence electrons. The van der Waals surface area contributed by atoms with Crippen molar-refractivity contribution in [1.29, 1.82) is 0 Å². The minimum absolute atomic E-state index is 0.0587. The number of nitrogens with zero attached hydrogens (tertiary/aromatic N) is 1. The zero-order valence-electron chi connectivity index (χ0n) is 24.1. The lowest BCUT2D eigenvalue weighted by molar-refractivity contribution is -0.147. The topological polar surface area (TPSA) is 50.8 Å². The number of ether oxygens (including phenoxy) is 2. The van der Waals surface area contributed by atoms with E-state index in [0.29, 0.717) is 19.3 Å². The van der Waals surface area contributed by atoms with Crippen LogP contribution >= 0.6 is 0 Å². The van der Waals surface area contributed by atoms with Gasteiger partial charge in [-0.05, 0) is 49.9 Å². The van der Waals surface area contributed by atoms with Crippen LogP contribution in [0.15, 0.2) is 91.0 Å². The summed E-state index contributed by atoms with van der Waals surface area (Å²) in [6.45, 7) is 12.3. The van der Waals surface area contributed by atoms with Gasteiger partial charge in [0.25, 0.3) is 0 Å². The summed E-state index contributed by atoms with van der Waals surface area (Å²) in [6, 6.07) is 31.6. The molecular weight excluding hydrogens is 484 g/mol. The number of hydrogen-bond donors (Lipinski definition) is 1. The van der Waals surface area contributed by atoms with Gasteiger partial charge in [0, 0.05) is 25.2 Å². The SMILES string of the molecule is CCC(C(=O)OCCN1CCOC(c2ccccc2)C1C)c1ccccc1.CCN[C@H](C)Cc1ccccc1. The van der Waals surface area contributed by atoms with Crippen LogP contribution in [0.2, 0.25) is 0 Å². The number of nitrogens with one attached hydrogen (secondary N) is 1. The van der Waals surface area contributed by atoms with Crippen LogP contribution in [0, 0.1) is 0 Å². The van der Waals surface area contributed by atoms with Crippen molar-refractivity contribution in [1.82, 2.24) is 10.2 Å². The minimum Gasteiger partial charge on any atom is -0.464 e. The van der Waals surface area contributed by atoms with Gasteiger partial charge in [0.1, 0.15) is 6.61 Å². The number of hydrogen-bond acceptors (Lipinski definition) is 5. The zero-order valence-corrected chi connectivity index (χ0v) is 24.1. The van der Waals surface area contributed by atoms with Crippen molar-refractivity contribution in [3.8, 4) is 0 Å². The molecule has 3 unspecified atom stereocenters. The largest absolute Gasteiger partial charge is 0.464 e. The van der Waals surface area contributed by atoms with Crippen molar-refractivity contribution < 1.29 is 14.3 Å². The Bertz CT molecular complexity index is 1060. The molecule has 0 saturated carbocycles. The predicted molar refractivity (Wildman–Crippen MR) is 160 cm³/mol. The third-order valence-electron chi connectivity index (χ3n) is 7.27. The van der Waals surface area contributed by atoms with Crippen molar-refractivity contribution in [2.24, 2.45) is 0 Å². The summed E-state index contributed by atoms with van der Waals surface area (Å²) in [5.74, 6) is -0.324. The maximum Gasteiger partial charge on any atom is 0.313 e. The molecule has 1 aliphatic heterocycles. The van der Waals surface area contributed by atoms with E-state index in [-0.39, 0.29) is 24.0 Å². The molecule has 1 N–H and O–H groups in total. The van der Waals surface area contributed by atoms with Crippen LogP contribution in [-0.2, 0) is 20.7 Å². The molecule has 0 bridgehead atoms. The molecule has 1 fully saturated rings. The van der Waals surface area contributed by atoms with E-state index >= 15 is 0 Å². The lowest BCUT2D eigenvalue weighted by Gasteiger charge is -2.39. The summed E-state index contributed by atoms with van der Waals surface area (Å²) in [5, 5.41) is 3.39. The number of likely N-dealkylation sites (N-methyl/N-ethyl adjacent to an activating group) is 1. The highest BCUT2D eigenvalue weighted by Gasteiger charge is 2.30. The molecule has 4 atom stereocenters. The van der Waals surface area contributed by atoms with Crippen molar-refractivity contribution in [2.45, 2.75) is 64.6 Å². The van der Waals surface area contributed by atoms with E-state index in [1.807, 2.05) is 55.5 Å². The summed E-state index contributed by atoms with van der Waals surface area (Å²) in [5.41, 5.74) is 3.63. The highest BCUT2D eigenvalue weighted by Crippen LogP contribution is 2.28. The van der Waals surface area contributed by atoms with Crippen LogP contribution < -0.4 is 5.32 Å². The molecule has 1 saturated heterocycles. The molecule has 1 heterocycles. The van der Waals surface area contributed by atoms with E-state index in [4.69, 9.17) is 9.47 Å². The van der Waals surface area contributed by atoms with Gasteiger partial charge in [0.15, 0.2) is 0 Å². The average Bonchev–Trinajstić information content (AvgIpc) is 2.96. The van der Waals surface area contributed by atoms with Crippen LogP contribution in [0.4, 0.5) is 0 Å². The van der Waals surface area contributed by atoms with Crippen LogP contribution in [0.3, 0.4) is 0 Å². The molecule has 0 radical (unpaired) electrons. The molecule has 0 amide bonds. The zero-order chi connectivity index (χ0) is 27.9. The molecule has 39 heavy (non-hydrogen) atoms. The fourth-order valence-corrected chi connectivity index (χ4v) is 5.14. The van der Waals surface area contributed by atoms with Gasteiger partial charge >= 0.3 is 5.97 Å². The van der Waals surface area contributed by atoms with Gasteiger partial charge in [-0.3, -0.25) is 9.69 Å². The smallest absolute Gasteiger partial charge is 0.313 e. The Balaban J connectivity index is 0.000000293. The summed E-state index contributed by atoms with van der Waals surface area (Å²) >= 11 is 0. The van der Waals surface area contributed by atoms with E-state index in [9.17, 15) is 4.79 Å². The second-order valence-electron chi connectivity index (χ2n) is 10.2. The molecule has 3 aromatic rings. The van der Waals surface area contributed by atoms with Crippen LogP contribution in [0.25, 0.3) is 0 Å². The Kier molecular flexibility index (Phi) is 13.2. The standard InChI is InChI=1S/C23H29NO3.C11H17N/c1-3-21(19-10-6-4-7-11-19)23(25)27-17-15-24-14-16-26-22(18(24)2)20-12-8-5-9-13-20;1-3-12-10(2)9-11-7-5-4-6-8-11/h4-13,18,21-22H,3,14-17H2,1-2H3;4-8,10,12H,3,9H2,1-2H3/t;10-/m.1/s1. The first-order valence-electron chi connectivity index (χ1n) is 14.4. The van der Waals surface area contributed by atoms with E-state index in [0.717, 1.165) is 38.0 Å². The first kappa shape index (κ1) is 30.6. The Morgan fingerprint density at radius 2 is 1.59 bits per heavy atom. The van der Waals surface area contributed by atoms with E-state index in [2.05, 4.69) is 73.5 Å². The molecule has 3 aromatic carbocycles. The molecule has 4 rings (SSSR count). The fourth-order valence-electron chi connectivity index (χ4n) is 5.14. The molecule has 0 spiro atoms. The summed E-state index contributed by atoms with van der Waals surface area (Å²) < 4.78 is 11.6. The monoisotopic (exact) mass is 530 g/mol. The maximum atomic E-state index is 12.5. The molecule has 0 aromatic heterocycles. The van der Waals surface area contributed by atoms with Crippen LogP contribution in [0.1, 0.15) is 62.8 Å². The molecule has 5 nitrogen and oxygen atoms in total. The second kappa shape index (κ2) is 16.9. The fraction of sp³-hybridized carbons (Fsp3) is 0.441. The number of carbonyl (C=O) groups is 1. The third-order valence-corrected chi connectivity index (χ3v) is 7.27. The molecule has 1 aliphatic rings. The summed E-state index contributed by atoms with van der Waals surface area (Å²) in [7, 11) is 0. The van der Waals surface area contributed by atoms with Crippen LogP contribution in [0.5, 0.6) is 0 Å². The highest BCUT2D eigenvalue weighted by molar-refractivity contribution is 5.78. The maximum absolute atomic E-state index is 12.5. The van der Waals surface area contributed by atoms with Crippen molar-refractivity contribution in [2.75, 3.05) is 32.8 Å². The quantitative estimate of drug-likeness (QED) is 0.290. The average molecular weight is 531 g/mol. The molecular formula is C34H46N2O3. The normalized spacial score (nSPS) is 18.9. The van der Waals surface area contributed by atoms with Gasteiger partial charge in [0.2, 0.25) is 0 Å². The van der Waals surface area contributed by atoms with Gasteiger partial charge < -0.3 is 14.8 Å². The third kappa shape index (κ3) is 9.92. The van der Waals surface area contributed by atoms with Gasteiger partial charge in [-0.1, -0.05) is 105 Å². The first-order chi connectivity index (χ1) is 19.0. The lowest BCUT2D eigenvalue weighted by Crippen LogP contribution is -2.47. The van der Waals surface area contributed by atoms with Gasteiger partial charge in [-0.2, -0.15) is 0 Å². The Hall–Kier alpha value is -2.99.